The number of carbonyl (C=O) groups is 3. The fourth-order valence-corrected chi connectivity index (χ4v) is 2.92. The van der Waals surface area contributed by atoms with Gasteiger partial charge in [0, 0.05) is 25.3 Å². The van der Waals surface area contributed by atoms with Crippen LogP contribution in [-0.4, -0.2) is 43.2 Å². The number of benzene rings is 3. The quantitative estimate of drug-likeness (QED) is 0.273. The van der Waals surface area contributed by atoms with Crippen LogP contribution in [0.3, 0.4) is 0 Å². The fourth-order valence-electron chi connectivity index (χ4n) is 2.92. The van der Waals surface area contributed by atoms with Crippen LogP contribution in [0.4, 0.5) is 5.69 Å². The molecule has 34 heavy (non-hydrogen) atoms. The summed E-state index contributed by atoms with van der Waals surface area (Å²) in [6, 6.07) is 22.1. The van der Waals surface area contributed by atoms with Gasteiger partial charge in [0.2, 0.25) is 0 Å². The third-order valence-corrected chi connectivity index (χ3v) is 4.79. The van der Waals surface area contributed by atoms with Gasteiger partial charge in [-0.15, -0.1) is 0 Å². The molecular weight excluding hydrogens is 432 g/mol. The monoisotopic (exact) mass is 456 g/mol. The zero-order valence-electron chi connectivity index (χ0n) is 18.7. The summed E-state index contributed by atoms with van der Waals surface area (Å²) in [7, 11) is 3.86. The van der Waals surface area contributed by atoms with E-state index in [9.17, 15) is 14.4 Å². The van der Waals surface area contributed by atoms with Gasteiger partial charge in [-0.2, -0.15) is 5.10 Å². The second-order valence-corrected chi connectivity index (χ2v) is 7.49. The molecule has 0 aromatic heterocycles. The van der Waals surface area contributed by atoms with Crippen molar-refractivity contribution in [2.24, 2.45) is 5.10 Å². The molecule has 0 saturated heterocycles. The van der Waals surface area contributed by atoms with Crippen molar-refractivity contribution in [3.63, 3.8) is 0 Å². The van der Waals surface area contributed by atoms with Crippen LogP contribution in [0, 0.1) is 0 Å². The minimum absolute atomic E-state index is 0.0184. The molecule has 3 aromatic rings. The van der Waals surface area contributed by atoms with Gasteiger partial charge < -0.3 is 15.3 Å². The van der Waals surface area contributed by atoms with E-state index < -0.39 is 17.8 Å². The highest BCUT2D eigenvalue weighted by Gasteiger charge is 2.14. The fraction of sp³-hybridized carbons (Fsp3) is 0.0769. The van der Waals surface area contributed by atoms with Gasteiger partial charge in [-0.25, -0.2) is 10.2 Å². The van der Waals surface area contributed by atoms with Crippen molar-refractivity contribution in [1.82, 2.24) is 10.7 Å². The average molecular weight is 457 g/mol. The Labute approximate surface area is 197 Å². The molecule has 2 amide bonds. The van der Waals surface area contributed by atoms with E-state index in [1.54, 1.807) is 48.5 Å². The van der Waals surface area contributed by atoms with Crippen LogP contribution in [0.2, 0.25) is 0 Å². The highest BCUT2D eigenvalue weighted by molar-refractivity contribution is 6.05. The molecule has 0 radical (unpaired) electrons. The van der Waals surface area contributed by atoms with Gasteiger partial charge in [-0.3, -0.25) is 9.59 Å². The molecule has 0 unspecified atom stereocenters. The number of hydrogen-bond donors (Lipinski definition) is 3. The van der Waals surface area contributed by atoms with Gasteiger partial charge >= 0.3 is 5.97 Å². The van der Waals surface area contributed by atoms with Crippen molar-refractivity contribution in [1.29, 1.82) is 0 Å². The normalized spacial score (nSPS) is 11.2. The van der Waals surface area contributed by atoms with Crippen molar-refractivity contribution in [3.05, 3.63) is 107 Å². The van der Waals surface area contributed by atoms with E-state index in [1.807, 2.05) is 43.3 Å². The van der Waals surface area contributed by atoms with Crippen molar-refractivity contribution in [2.75, 3.05) is 19.0 Å². The number of carbonyl (C=O) groups excluding carboxylic acids is 2. The van der Waals surface area contributed by atoms with Gasteiger partial charge in [-0.05, 0) is 53.6 Å². The first kappa shape index (κ1) is 23.9. The van der Waals surface area contributed by atoms with Gasteiger partial charge in [0.1, 0.15) is 5.70 Å². The molecule has 8 heteroatoms. The van der Waals surface area contributed by atoms with Crippen LogP contribution in [0.5, 0.6) is 0 Å². The second-order valence-electron chi connectivity index (χ2n) is 7.49. The Balaban J connectivity index is 1.79. The number of nitrogens with one attached hydrogen (secondary N) is 2. The first-order valence-electron chi connectivity index (χ1n) is 10.4. The molecule has 0 aliphatic heterocycles. The van der Waals surface area contributed by atoms with Crippen LogP contribution >= 0.6 is 0 Å². The molecule has 3 rings (SSSR count). The smallest absolute Gasteiger partial charge is 0.335 e. The topological polar surface area (TPSA) is 111 Å². The Bertz CT molecular complexity index is 1220. The predicted octanol–water partition coefficient (Wildman–Crippen LogP) is 3.37. The van der Waals surface area contributed by atoms with Crippen LogP contribution in [0.25, 0.3) is 6.08 Å². The molecule has 0 fully saturated rings. The lowest BCUT2D eigenvalue weighted by atomic mass is 10.1. The molecule has 0 spiro atoms. The minimum atomic E-state index is -1.03. The van der Waals surface area contributed by atoms with E-state index in [1.165, 1.54) is 18.3 Å². The molecule has 3 aromatic carbocycles. The molecule has 0 atom stereocenters. The zero-order valence-corrected chi connectivity index (χ0v) is 18.7. The van der Waals surface area contributed by atoms with E-state index >= 15 is 0 Å². The Morgan fingerprint density at radius 2 is 1.44 bits per heavy atom. The molecule has 0 bridgehead atoms. The molecule has 0 aliphatic rings. The van der Waals surface area contributed by atoms with Gasteiger partial charge in [0.05, 0.1) is 11.8 Å². The standard InChI is InChI=1S/C26H24N4O4/c1-30(2)22-14-10-18(11-15-22)16-23(28-24(31)20-6-4-3-5-7-20)25(32)29-27-17-19-8-12-21(13-9-19)26(33)34/h3-17H,1-2H3,(H,28,31)(H,29,32)(H,33,34)/b23-16-,27-17-. The van der Waals surface area contributed by atoms with Crippen molar-refractivity contribution < 1.29 is 19.5 Å². The molecular formula is C26H24N4O4. The van der Waals surface area contributed by atoms with E-state index in [0.29, 0.717) is 11.1 Å². The summed E-state index contributed by atoms with van der Waals surface area (Å²) >= 11 is 0. The lowest BCUT2D eigenvalue weighted by Gasteiger charge is -2.12. The highest BCUT2D eigenvalue weighted by atomic mass is 16.4. The molecule has 8 nitrogen and oxygen atoms in total. The Kier molecular flexibility index (Phi) is 7.91. The lowest BCUT2D eigenvalue weighted by Crippen LogP contribution is -2.32. The summed E-state index contributed by atoms with van der Waals surface area (Å²) in [4.78, 5) is 38.4. The van der Waals surface area contributed by atoms with Gasteiger partial charge in [-0.1, -0.05) is 42.5 Å². The van der Waals surface area contributed by atoms with Crippen LogP contribution in [-0.2, 0) is 4.79 Å². The summed E-state index contributed by atoms with van der Waals surface area (Å²) in [6.07, 6.45) is 2.94. The maximum Gasteiger partial charge on any atom is 0.335 e. The maximum absolute atomic E-state index is 12.8. The largest absolute Gasteiger partial charge is 0.478 e. The van der Waals surface area contributed by atoms with E-state index in [0.717, 1.165) is 11.3 Å². The van der Waals surface area contributed by atoms with E-state index in [-0.39, 0.29) is 11.3 Å². The second kappa shape index (κ2) is 11.2. The highest BCUT2D eigenvalue weighted by Crippen LogP contribution is 2.14. The molecule has 3 N–H and O–H groups in total. The number of hydrazone groups is 1. The number of nitrogens with zero attached hydrogens (tertiary/aromatic N) is 2. The lowest BCUT2D eigenvalue weighted by molar-refractivity contribution is -0.117. The number of aromatic carboxylic acids is 1. The first-order chi connectivity index (χ1) is 16.3. The zero-order chi connectivity index (χ0) is 24.5. The summed E-state index contributed by atoms with van der Waals surface area (Å²) < 4.78 is 0. The Morgan fingerprint density at radius 1 is 0.824 bits per heavy atom. The number of amides is 2. The van der Waals surface area contributed by atoms with Crippen molar-refractivity contribution in [3.8, 4) is 0 Å². The molecule has 172 valence electrons. The van der Waals surface area contributed by atoms with Crippen molar-refractivity contribution in [2.45, 2.75) is 0 Å². The third kappa shape index (κ3) is 6.64. The van der Waals surface area contributed by atoms with Crippen LogP contribution < -0.4 is 15.6 Å². The summed E-state index contributed by atoms with van der Waals surface area (Å²) in [5.74, 6) is -2.07. The van der Waals surface area contributed by atoms with Gasteiger partial charge in [0.25, 0.3) is 11.8 Å². The van der Waals surface area contributed by atoms with E-state index in [2.05, 4.69) is 15.8 Å². The summed E-state index contributed by atoms with van der Waals surface area (Å²) in [5, 5.41) is 15.5. The number of hydrogen-bond acceptors (Lipinski definition) is 5. The first-order valence-corrected chi connectivity index (χ1v) is 10.4. The number of rotatable bonds is 8. The Morgan fingerprint density at radius 3 is 2.03 bits per heavy atom. The van der Waals surface area contributed by atoms with Crippen molar-refractivity contribution >= 4 is 35.8 Å². The maximum atomic E-state index is 12.8. The average Bonchev–Trinajstić information content (AvgIpc) is 2.84. The minimum Gasteiger partial charge on any atom is -0.478 e. The number of carboxylic acids is 1. The number of carboxylic acid groups (broad SMARTS) is 1. The predicted molar refractivity (Wildman–Crippen MR) is 132 cm³/mol. The summed E-state index contributed by atoms with van der Waals surface area (Å²) in [5.41, 5.74) is 5.29. The van der Waals surface area contributed by atoms with Crippen LogP contribution in [0.1, 0.15) is 31.8 Å². The molecule has 0 aliphatic carbocycles. The SMILES string of the molecule is CN(C)c1ccc(/C=C(\NC(=O)c2ccccc2)C(=O)N/N=C\c2ccc(C(=O)O)cc2)cc1. The summed E-state index contributed by atoms with van der Waals surface area (Å²) in [6.45, 7) is 0. The van der Waals surface area contributed by atoms with E-state index in [4.69, 9.17) is 5.11 Å². The van der Waals surface area contributed by atoms with Gasteiger partial charge in [0.15, 0.2) is 0 Å². The van der Waals surface area contributed by atoms with Crippen LogP contribution in [0.15, 0.2) is 89.7 Å². The number of anilines is 1. The Hall–Kier alpha value is -4.72. The molecule has 0 saturated carbocycles. The molecule has 0 heterocycles. The third-order valence-electron chi connectivity index (χ3n) is 4.79.